The zero-order chi connectivity index (χ0) is 20.7. The molecular formula is C16H8F8N4. The molecule has 0 amide bonds. The van der Waals surface area contributed by atoms with Gasteiger partial charge in [0.2, 0.25) is 0 Å². The Labute approximate surface area is 151 Å². The molecule has 4 nitrogen and oxygen atoms in total. The smallest absolute Gasteiger partial charge is 0.221 e. The van der Waals surface area contributed by atoms with Gasteiger partial charge in [-0.15, -0.1) is 5.10 Å². The van der Waals surface area contributed by atoms with E-state index in [1.54, 1.807) is 0 Å². The number of aromatic nitrogens is 4. The van der Waals surface area contributed by atoms with Gasteiger partial charge in [0.25, 0.3) is 0 Å². The lowest BCUT2D eigenvalue weighted by Gasteiger charge is -2.15. The topological polar surface area (TPSA) is 43.6 Å². The lowest BCUT2D eigenvalue weighted by Crippen LogP contribution is -2.15. The summed E-state index contributed by atoms with van der Waals surface area (Å²) < 4.78 is 106. The zero-order valence-corrected chi connectivity index (χ0v) is 13.5. The molecule has 0 radical (unpaired) electrons. The van der Waals surface area contributed by atoms with Crippen molar-refractivity contribution >= 4 is 0 Å². The summed E-state index contributed by atoms with van der Waals surface area (Å²) in [5, 5.41) is 9.95. The molecule has 0 saturated carbocycles. The van der Waals surface area contributed by atoms with Gasteiger partial charge in [0.1, 0.15) is 11.6 Å². The molecule has 3 rings (SSSR count). The van der Waals surface area contributed by atoms with Gasteiger partial charge in [-0.05, 0) is 46.3 Å². The quantitative estimate of drug-likeness (QED) is 0.590. The first-order valence-corrected chi connectivity index (χ1v) is 7.45. The van der Waals surface area contributed by atoms with Crippen LogP contribution in [-0.4, -0.2) is 20.2 Å². The molecular weight excluding hydrogens is 400 g/mol. The summed E-state index contributed by atoms with van der Waals surface area (Å²) in [4.78, 5) is 0. The number of halogens is 8. The molecule has 0 fully saturated rings. The highest BCUT2D eigenvalue weighted by molar-refractivity contribution is 5.61. The predicted octanol–water partition coefficient (Wildman–Crippen LogP) is 4.70. The normalized spacial score (nSPS) is 12.4. The van der Waals surface area contributed by atoms with Crippen molar-refractivity contribution in [2.24, 2.45) is 0 Å². The minimum absolute atomic E-state index is 0.253. The molecule has 1 heterocycles. The lowest BCUT2D eigenvalue weighted by atomic mass is 10.0. The first-order chi connectivity index (χ1) is 13.0. The summed E-state index contributed by atoms with van der Waals surface area (Å²) in [5.74, 6) is -2.75. The first kappa shape index (κ1) is 19.7. The second-order valence-corrected chi connectivity index (χ2v) is 5.65. The van der Waals surface area contributed by atoms with Crippen LogP contribution in [0, 0.1) is 11.6 Å². The van der Waals surface area contributed by atoms with E-state index in [1.165, 1.54) is 0 Å². The van der Waals surface area contributed by atoms with Gasteiger partial charge in [-0.25, -0.2) is 13.5 Å². The Morgan fingerprint density at radius 1 is 0.786 bits per heavy atom. The highest BCUT2D eigenvalue weighted by Gasteiger charge is 2.36. The fraction of sp³-hybridized carbons (Fsp3) is 0.188. The average molecular weight is 408 g/mol. The van der Waals surface area contributed by atoms with Crippen molar-refractivity contribution in [3.63, 3.8) is 0 Å². The Morgan fingerprint density at radius 3 is 2.04 bits per heavy atom. The van der Waals surface area contributed by atoms with E-state index >= 15 is 0 Å². The Bertz CT molecular complexity index is 1010. The van der Waals surface area contributed by atoms with E-state index in [0.717, 1.165) is 12.1 Å². The molecule has 3 aromatic rings. The van der Waals surface area contributed by atoms with Crippen LogP contribution in [0.3, 0.4) is 0 Å². The molecule has 0 N–H and O–H groups in total. The van der Waals surface area contributed by atoms with Crippen LogP contribution in [0.5, 0.6) is 0 Å². The molecule has 0 unspecified atom stereocenters. The Balaban J connectivity index is 2.10. The number of tetrazole rings is 1. The minimum atomic E-state index is -4.92. The average Bonchev–Trinajstić information content (AvgIpc) is 3.02. The van der Waals surface area contributed by atoms with Crippen LogP contribution in [0.1, 0.15) is 16.7 Å². The van der Waals surface area contributed by atoms with Crippen molar-refractivity contribution in [3.8, 4) is 11.4 Å². The predicted molar refractivity (Wildman–Crippen MR) is 78.7 cm³/mol. The number of hydrogen-bond donors (Lipinski definition) is 0. The third-order valence-electron chi connectivity index (χ3n) is 3.76. The van der Waals surface area contributed by atoms with E-state index in [4.69, 9.17) is 0 Å². The van der Waals surface area contributed by atoms with Gasteiger partial charge in [-0.1, -0.05) is 6.07 Å². The van der Waals surface area contributed by atoms with Gasteiger partial charge in [0.05, 0.1) is 17.7 Å². The van der Waals surface area contributed by atoms with Crippen molar-refractivity contribution in [1.29, 1.82) is 0 Å². The molecule has 148 valence electrons. The molecule has 0 aliphatic heterocycles. The minimum Gasteiger partial charge on any atom is -0.221 e. The summed E-state index contributed by atoms with van der Waals surface area (Å²) in [5.41, 5.74) is -3.81. The van der Waals surface area contributed by atoms with Crippen molar-refractivity contribution in [2.75, 3.05) is 0 Å². The summed E-state index contributed by atoms with van der Waals surface area (Å²) in [7, 11) is 0. The fourth-order valence-electron chi connectivity index (χ4n) is 2.56. The highest BCUT2D eigenvalue weighted by atomic mass is 19.4. The summed E-state index contributed by atoms with van der Waals surface area (Å²) >= 11 is 0. The van der Waals surface area contributed by atoms with Crippen LogP contribution < -0.4 is 0 Å². The molecule has 0 aliphatic rings. The fourth-order valence-corrected chi connectivity index (χ4v) is 2.56. The van der Waals surface area contributed by atoms with Crippen molar-refractivity contribution in [2.45, 2.75) is 18.9 Å². The van der Waals surface area contributed by atoms with E-state index in [9.17, 15) is 35.1 Å². The Hall–Kier alpha value is -3.05. The second-order valence-electron chi connectivity index (χ2n) is 5.65. The molecule has 2 aromatic carbocycles. The highest BCUT2D eigenvalue weighted by Crippen LogP contribution is 2.37. The third kappa shape index (κ3) is 3.94. The number of nitrogens with zero attached hydrogens (tertiary/aromatic N) is 4. The molecule has 0 spiro atoms. The van der Waals surface area contributed by atoms with E-state index in [2.05, 4.69) is 15.5 Å². The van der Waals surface area contributed by atoms with Gasteiger partial charge in [-0.3, -0.25) is 0 Å². The van der Waals surface area contributed by atoms with Gasteiger partial charge >= 0.3 is 12.4 Å². The SMILES string of the molecule is Fc1ccc(C(F)(F)F)c(-c2nnnn2Cc2ccc(F)cc2C(F)(F)F)c1. The molecule has 0 atom stereocenters. The van der Waals surface area contributed by atoms with Crippen LogP contribution in [0.4, 0.5) is 35.1 Å². The van der Waals surface area contributed by atoms with Crippen LogP contribution >= 0.6 is 0 Å². The van der Waals surface area contributed by atoms with Crippen LogP contribution in [0.15, 0.2) is 36.4 Å². The number of rotatable bonds is 3. The van der Waals surface area contributed by atoms with E-state index in [1.807, 2.05) is 0 Å². The van der Waals surface area contributed by atoms with Crippen molar-refractivity contribution in [3.05, 3.63) is 64.7 Å². The van der Waals surface area contributed by atoms with E-state index in [0.29, 0.717) is 22.9 Å². The zero-order valence-electron chi connectivity index (χ0n) is 13.5. The van der Waals surface area contributed by atoms with Crippen LogP contribution in [-0.2, 0) is 18.9 Å². The third-order valence-corrected chi connectivity index (χ3v) is 3.76. The maximum atomic E-state index is 13.5. The number of alkyl halides is 6. The van der Waals surface area contributed by atoms with Gasteiger partial charge in [0.15, 0.2) is 5.82 Å². The monoisotopic (exact) mass is 408 g/mol. The van der Waals surface area contributed by atoms with Gasteiger partial charge in [-0.2, -0.15) is 26.3 Å². The standard InChI is InChI=1S/C16H8F8N4/c17-9-3-4-12(15(19,20)21)11(5-9)14-25-26-27-28(14)7-8-1-2-10(18)6-13(8)16(22,23)24/h1-6H,7H2. The molecule has 12 heteroatoms. The maximum Gasteiger partial charge on any atom is 0.417 e. The van der Waals surface area contributed by atoms with E-state index < -0.39 is 58.6 Å². The molecule has 28 heavy (non-hydrogen) atoms. The van der Waals surface area contributed by atoms with Crippen molar-refractivity contribution < 1.29 is 35.1 Å². The first-order valence-electron chi connectivity index (χ1n) is 7.45. The number of hydrogen-bond acceptors (Lipinski definition) is 3. The Morgan fingerprint density at radius 2 is 1.39 bits per heavy atom. The molecule has 0 saturated heterocycles. The summed E-state index contributed by atoms with van der Waals surface area (Å²) in [6.45, 7) is -0.717. The second kappa shape index (κ2) is 6.84. The van der Waals surface area contributed by atoms with Gasteiger partial charge < -0.3 is 0 Å². The number of benzene rings is 2. The lowest BCUT2D eigenvalue weighted by molar-refractivity contribution is -0.138. The van der Waals surface area contributed by atoms with E-state index in [-0.39, 0.29) is 6.07 Å². The summed E-state index contributed by atoms with van der Waals surface area (Å²) in [6.07, 6.45) is -9.80. The van der Waals surface area contributed by atoms with Crippen molar-refractivity contribution in [1.82, 2.24) is 20.2 Å². The maximum absolute atomic E-state index is 13.5. The molecule has 0 aliphatic carbocycles. The Kier molecular flexibility index (Phi) is 4.81. The van der Waals surface area contributed by atoms with Crippen LogP contribution in [0.2, 0.25) is 0 Å². The molecule has 1 aromatic heterocycles. The summed E-state index contributed by atoms with van der Waals surface area (Å²) in [6, 6.07) is 3.42. The largest absolute Gasteiger partial charge is 0.417 e. The van der Waals surface area contributed by atoms with Gasteiger partial charge in [0, 0.05) is 5.56 Å². The van der Waals surface area contributed by atoms with Crippen LogP contribution in [0.25, 0.3) is 11.4 Å². The molecule has 0 bridgehead atoms.